The van der Waals surface area contributed by atoms with Gasteiger partial charge in [0.15, 0.2) is 6.35 Å². The van der Waals surface area contributed by atoms with Crippen LogP contribution in [0.3, 0.4) is 0 Å². The van der Waals surface area contributed by atoms with Gasteiger partial charge in [-0.25, -0.2) is 0 Å². The van der Waals surface area contributed by atoms with Crippen molar-refractivity contribution >= 4 is 0 Å². The molecular formula is C10H24N2O. The lowest BCUT2D eigenvalue weighted by atomic mass is 10.4. The maximum Gasteiger partial charge on any atom is 0.168 e. The van der Waals surface area contributed by atoms with Crippen LogP contribution in [0.1, 0.15) is 27.7 Å². The first kappa shape index (κ1) is 12.9. The van der Waals surface area contributed by atoms with Crippen LogP contribution in [0.5, 0.6) is 0 Å². The molecule has 0 spiro atoms. The van der Waals surface area contributed by atoms with E-state index in [4.69, 9.17) is 4.74 Å². The molecule has 0 aromatic carbocycles. The van der Waals surface area contributed by atoms with E-state index in [9.17, 15) is 0 Å². The molecule has 0 aliphatic heterocycles. The van der Waals surface area contributed by atoms with Crippen molar-refractivity contribution in [3.63, 3.8) is 0 Å². The molecule has 0 N–H and O–H groups in total. The standard InChI is InChI=1S/C10H24N2O/c1-6-11(7-2)10(13-5)12(8-3)9-4/h10H,6-9H2,1-5H3. The van der Waals surface area contributed by atoms with Crippen molar-refractivity contribution in [2.24, 2.45) is 0 Å². The average Bonchev–Trinajstić information content (AvgIpc) is 2.18. The summed E-state index contributed by atoms with van der Waals surface area (Å²) >= 11 is 0. The molecule has 0 saturated carbocycles. The highest BCUT2D eigenvalue weighted by Gasteiger charge is 2.19. The Morgan fingerprint density at radius 1 is 0.846 bits per heavy atom. The number of hydrogen-bond donors (Lipinski definition) is 0. The van der Waals surface area contributed by atoms with Crippen LogP contribution in [0.25, 0.3) is 0 Å². The van der Waals surface area contributed by atoms with Crippen molar-refractivity contribution in [3.8, 4) is 0 Å². The first-order valence-corrected chi connectivity index (χ1v) is 5.25. The molecule has 3 nitrogen and oxygen atoms in total. The minimum Gasteiger partial charge on any atom is -0.353 e. The Labute approximate surface area is 82.7 Å². The lowest BCUT2D eigenvalue weighted by molar-refractivity contribution is -0.129. The summed E-state index contributed by atoms with van der Waals surface area (Å²) in [5, 5.41) is 0. The fraction of sp³-hybridized carbons (Fsp3) is 1.00. The molecule has 0 aromatic heterocycles. The van der Waals surface area contributed by atoms with Gasteiger partial charge in [0.1, 0.15) is 0 Å². The first-order chi connectivity index (χ1) is 6.24. The Morgan fingerprint density at radius 2 is 1.15 bits per heavy atom. The van der Waals surface area contributed by atoms with E-state index in [1.54, 1.807) is 7.11 Å². The molecule has 0 saturated heterocycles. The second-order valence-electron chi connectivity index (χ2n) is 3.00. The van der Waals surface area contributed by atoms with Crippen LogP contribution >= 0.6 is 0 Å². The summed E-state index contributed by atoms with van der Waals surface area (Å²) in [5.41, 5.74) is 0. The van der Waals surface area contributed by atoms with Gasteiger partial charge >= 0.3 is 0 Å². The van der Waals surface area contributed by atoms with Crippen LogP contribution in [0.2, 0.25) is 0 Å². The van der Waals surface area contributed by atoms with Gasteiger partial charge < -0.3 is 4.74 Å². The lowest BCUT2D eigenvalue weighted by Gasteiger charge is -2.36. The molecule has 0 atom stereocenters. The zero-order valence-electron chi connectivity index (χ0n) is 9.71. The predicted octanol–water partition coefficient (Wildman–Crippen LogP) is 1.60. The van der Waals surface area contributed by atoms with Crippen LogP contribution in [0.15, 0.2) is 0 Å². The first-order valence-electron chi connectivity index (χ1n) is 5.25. The molecule has 0 amide bonds. The number of ether oxygens (including phenoxy) is 1. The molecule has 13 heavy (non-hydrogen) atoms. The molecule has 0 heterocycles. The monoisotopic (exact) mass is 188 g/mol. The van der Waals surface area contributed by atoms with Crippen LogP contribution < -0.4 is 0 Å². The molecule has 0 aliphatic carbocycles. The molecule has 0 unspecified atom stereocenters. The number of hydrogen-bond acceptors (Lipinski definition) is 3. The largest absolute Gasteiger partial charge is 0.353 e. The minimum atomic E-state index is 0.144. The zero-order valence-corrected chi connectivity index (χ0v) is 9.71. The molecule has 80 valence electrons. The minimum absolute atomic E-state index is 0.144. The fourth-order valence-corrected chi connectivity index (χ4v) is 1.60. The number of nitrogens with zero attached hydrogens (tertiary/aromatic N) is 2. The molecule has 3 heteroatoms. The molecule has 0 aliphatic rings. The van der Waals surface area contributed by atoms with Crippen LogP contribution in [-0.4, -0.2) is 49.4 Å². The van der Waals surface area contributed by atoms with Gasteiger partial charge in [0.2, 0.25) is 0 Å². The summed E-state index contributed by atoms with van der Waals surface area (Å²) in [6.07, 6.45) is 0.144. The SMILES string of the molecule is CCN(CC)C(OC)N(CC)CC. The zero-order chi connectivity index (χ0) is 10.3. The smallest absolute Gasteiger partial charge is 0.168 e. The predicted molar refractivity (Wildman–Crippen MR) is 56.6 cm³/mol. The fourth-order valence-electron chi connectivity index (χ4n) is 1.60. The Morgan fingerprint density at radius 3 is 1.31 bits per heavy atom. The highest BCUT2D eigenvalue weighted by molar-refractivity contribution is 4.61. The van der Waals surface area contributed by atoms with E-state index in [-0.39, 0.29) is 6.35 Å². The van der Waals surface area contributed by atoms with E-state index in [1.165, 1.54) is 0 Å². The van der Waals surface area contributed by atoms with Gasteiger partial charge in [-0.2, -0.15) is 0 Å². The van der Waals surface area contributed by atoms with Crippen molar-refractivity contribution in [1.82, 2.24) is 9.80 Å². The Bertz CT molecular complexity index is 99.5. The van der Waals surface area contributed by atoms with E-state index in [0.29, 0.717) is 0 Å². The second kappa shape index (κ2) is 7.30. The van der Waals surface area contributed by atoms with Crippen molar-refractivity contribution in [3.05, 3.63) is 0 Å². The maximum atomic E-state index is 5.49. The summed E-state index contributed by atoms with van der Waals surface area (Å²) in [5.74, 6) is 0. The van der Waals surface area contributed by atoms with Gasteiger partial charge in [0, 0.05) is 7.11 Å². The van der Waals surface area contributed by atoms with Crippen LogP contribution in [-0.2, 0) is 4.74 Å². The van der Waals surface area contributed by atoms with E-state index >= 15 is 0 Å². The molecule has 0 rings (SSSR count). The van der Waals surface area contributed by atoms with E-state index in [1.807, 2.05) is 0 Å². The molecule has 0 bridgehead atoms. The van der Waals surface area contributed by atoms with Crippen molar-refractivity contribution in [1.29, 1.82) is 0 Å². The third-order valence-corrected chi connectivity index (χ3v) is 2.46. The summed E-state index contributed by atoms with van der Waals surface area (Å²) in [6, 6.07) is 0. The van der Waals surface area contributed by atoms with Crippen molar-refractivity contribution in [2.45, 2.75) is 34.0 Å². The van der Waals surface area contributed by atoms with Gasteiger partial charge in [-0.15, -0.1) is 0 Å². The number of rotatable bonds is 7. The second-order valence-corrected chi connectivity index (χ2v) is 3.00. The van der Waals surface area contributed by atoms with E-state index < -0.39 is 0 Å². The quantitative estimate of drug-likeness (QED) is 0.564. The van der Waals surface area contributed by atoms with Crippen LogP contribution in [0.4, 0.5) is 0 Å². The average molecular weight is 188 g/mol. The molecule has 0 radical (unpaired) electrons. The highest BCUT2D eigenvalue weighted by Crippen LogP contribution is 2.06. The molecule has 0 fully saturated rings. The summed E-state index contributed by atoms with van der Waals surface area (Å²) in [7, 11) is 1.78. The number of methoxy groups -OCH3 is 1. The molecular weight excluding hydrogens is 164 g/mol. The third-order valence-electron chi connectivity index (χ3n) is 2.46. The van der Waals surface area contributed by atoms with E-state index in [0.717, 1.165) is 26.2 Å². The van der Waals surface area contributed by atoms with E-state index in [2.05, 4.69) is 37.5 Å². The highest BCUT2D eigenvalue weighted by atomic mass is 16.5. The van der Waals surface area contributed by atoms with Gasteiger partial charge in [-0.1, -0.05) is 27.7 Å². The van der Waals surface area contributed by atoms with Crippen molar-refractivity contribution < 1.29 is 4.74 Å². The van der Waals surface area contributed by atoms with Gasteiger partial charge in [0.05, 0.1) is 0 Å². The molecule has 0 aromatic rings. The normalized spacial score (nSPS) is 12.0. The lowest BCUT2D eigenvalue weighted by Crippen LogP contribution is -2.49. The van der Waals surface area contributed by atoms with Crippen molar-refractivity contribution in [2.75, 3.05) is 33.3 Å². The van der Waals surface area contributed by atoms with Crippen LogP contribution in [0, 0.1) is 0 Å². The Hall–Kier alpha value is -0.120. The Balaban J connectivity index is 4.26. The van der Waals surface area contributed by atoms with Gasteiger partial charge in [-0.05, 0) is 26.2 Å². The Kier molecular flexibility index (Phi) is 7.23. The summed E-state index contributed by atoms with van der Waals surface area (Å²) < 4.78 is 5.49. The third kappa shape index (κ3) is 3.63. The maximum absolute atomic E-state index is 5.49. The topological polar surface area (TPSA) is 15.7 Å². The van der Waals surface area contributed by atoms with Gasteiger partial charge in [-0.3, -0.25) is 9.80 Å². The van der Waals surface area contributed by atoms with Gasteiger partial charge in [0.25, 0.3) is 0 Å². The summed E-state index contributed by atoms with van der Waals surface area (Å²) in [4.78, 5) is 4.62. The summed E-state index contributed by atoms with van der Waals surface area (Å²) in [6.45, 7) is 12.8.